The summed E-state index contributed by atoms with van der Waals surface area (Å²) in [6.07, 6.45) is 2.57. The van der Waals surface area contributed by atoms with Gasteiger partial charge in [0.1, 0.15) is 12.2 Å². The van der Waals surface area contributed by atoms with E-state index in [2.05, 4.69) is 24.0 Å². The predicted molar refractivity (Wildman–Crippen MR) is 71.2 cm³/mol. The van der Waals surface area contributed by atoms with Crippen molar-refractivity contribution in [2.24, 2.45) is 0 Å². The van der Waals surface area contributed by atoms with Crippen LogP contribution in [0.25, 0.3) is 0 Å². The molecule has 0 aliphatic rings. The first kappa shape index (κ1) is 13.3. The molecule has 1 aromatic heterocycles. The lowest BCUT2D eigenvalue weighted by atomic mass is 10.1. The highest BCUT2D eigenvalue weighted by molar-refractivity contribution is 5.87. The number of hydrogen-bond donors (Lipinski definition) is 1. The molecule has 5 heteroatoms. The van der Waals surface area contributed by atoms with Crippen LogP contribution in [0.3, 0.4) is 0 Å². The van der Waals surface area contributed by atoms with Crippen molar-refractivity contribution in [3.63, 3.8) is 0 Å². The Bertz CT molecular complexity index is 558. The molecule has 0 radical (unpaired) electrons. The minimum atomic E-state index is -0.896. The minimum absolute atomic E-state index is 0.316. The maximum Gasteiger partial charge on any atom is 0.335 e. The number of nitrogens with zero attached hydrogens (tertiary/aromatic N) is 3. The number of rotatable bonds is 5. The van der Waals surface area contributed by atoms with Gasteiger partial charge in [0.25, 0.3) is 0 Å². The van der Waals surface area contributed by atoms with Crippen LogP contribution in [0.1, 0.15) is 41.5 Å². The quantitative estimate of drug-likeness (QED) is 0.894. The zero-order chi connectivity index (χ0) is 13.8. The summed E-state index contributed by atoms with van der Waals surface area (Å²) in [6.45, 7) is 4.97. The van der Waals surface area contributed by atoms with Crippen LogP contribution in [-0.2, 0) is 13.0 Å². The molecule has 0 fully saturated rings. The highest BCUT2D eigenvalue weighted by Gasteiger charge is 2.08. The van der Waals surface area contributed by atoms with Gasteiger partial charge in [-0.1, -0.05) is 26.0 Å². The smallest absolute Gasteiger partial charge is 0.335 e. The Morgan fingerprint density at radius 3 is 2.58 bits per heavy atom. The van der Waals surface area contributed by atoms with Gasteiger partial charge in [-0.05, 0) is 24.1 Å². The normalized spacial score (nSPS) is 10.9. The summed E-state index contributed by atoms with van der Waals surface area (Å²) >= 11 is 0. The molecule has 1 heterocycles. The lowest BCUT2D eigenvalue weighted by molar-refractivity contribution is 0.0697. The third-order valence-corrected chi connectivity index (χ3v) is 3.00. The number of carbonyl (C=O) groups is 1. The molecule has 0 unspecified atom stereocenters. The number of carboxylic acids is 1. The van der Waals surface area contributed by atoms with Gasteiger partial charge in [-0.3, -0.25) is 0 Å². The van der Waals surface area contributed by atoms with Crippen LogP contribution < -0.4 is 0 Å². The topological polar surface area (TPSA) is 68.0 Å². The molecule has 5 nitrogen and oxygen atoms in total. The maximum atomic E-state index is 10.8. The average Bonchev–Trinajstić information content (AvgIpc) is 2.85. The predicted octanol–water partition coefficient (Wildman–Crippen LogP) is 2.34. The molecule has 0 saturated carbocycles. The van der Waals surface area contributed by atoms with E-state index in [1.54, 1.807) is 18.5 Å². The first-order valence-corrected chi connectivity index (χ1v) is 6.28. The summed E-state index contributed by atoms with van der Waals surface area (Å²) in [5.74, 6) is 0.423. The lowest BCUT2D eigenvalue weighted by Crippen LogP contribution is -2.07. The molecule has 0 aliphatic carbocycles. The number of aromatic nitrogens is 3. The van der Waals surface area contributed by atoms with Crippen molar-refractivity contribution >= 4 is 5.97 Å². The Labute approximate surface area is 111 Å². The summed E-state index contributed by atoms with van der Waals surface area (Å²) in [5, 5.41) is 16.9. The van der Waals surface area contributed by atoms with Gasteiger partial charge in [-0.15, -0.1) is 10.2 Å². The van der Waals surface area contributed by atoms with E-state index in [1.807, 2.05) is 16.7 Å². The molecule has 0 spiro atoms. The van der Waals surface area contributed by atoms with Gasteiger partial charge in [0.05, 0.1) is 5.56 Å². The van der Waals surface area contributed by atoms with E-state index >= 15 is 0 Å². The van der Waals surface area contributed by atoms with E-state index in [1.165, 1.54) is 0 Å². The van der Waals surface area contributed by atoms with Gasteiger partial charge in [0, 0.05) is 12.5 Å². The number of aromatic carboxylic acids is 1. The van der Waals surface area contributed by atoms with E-state index < -0.39 is 5.97 Å². The van der Waals surface area contributed by atoms with Gasteiger partial charge in [0.2, 0.25) is 0 Å². The second-order valence-electron chi connectivity index (χ2n) is 4.79. The van der Waals surface area contributed by atoms with E-state index in [0.717, 1.165) is 24.4 Å². The molecular weight excluding hydrogens is 242 g/mol. The van der Waals surface area contributed by atoms with Crippen LogP contribution in [0.15, 0.2) is 30.6 Å². The first-order chi connectivity index (χ1) is 9.08. The Morgan fingerprint density at radius 1 is 1.32 bits per heavy atom. The fourth-order valence-corrected chi connectivity index (χ4v) is 1.95. The third-order valence-electron chi connectivity index (χ3n) is 3.00. The van der Waals surface area contributed by atoms with Crippen LogP contribution in [0.2, 0.25) is 0 Å². The maximum absolute atomic E-state index is 10.8. The monoisotopic (exact) mass is 259 g/mol. The summed E-state index contributed by atoms with van der Waals surface area (Å²) in [7, 11) is 0. The van der Waals surface area contributed by atoms with Gasteiger partial charge in [-0.25, -0.2) is 4.79 Å². The Kier molecular flexibility index (Phi) is 3.94. The molecular formula is C14H17N3O2. The van der Waals surface area contributed by atoms with Gasteiger partial charge in [0.15, 0.2) is 0 Å². The first-order valence-electron chi connectivity index (χ1n) is 6.28. The van der Waals surface area contributed by atoms with Crippen LogP contribution in [0.5, 0.6) is 0 Å². The fraction of sp³-hybridized carbons (Fsp3) is 0.357. The number of carboxylic acid groups (broad SMARTS) is 1. The second kappa shape index (κ2) is 5.65. The molecule has 100 valence electrons. The highest BCUT2D eigenvalue weighted by atomic mass is 16.4. The summed E-state index contributed by atoms with van der Waals surface area (Å²) in [6, 6.07) is 6.96. The van der Waals surface area contributed by atoms with Gasteiger partial charge < -0.3 is 9.67 Å². The van der Waals surface area contributed by atoms with E-state index in [9.17, 15) is 4.79 Å². The number of benzene rings is 1. The van der Waals surface area contributed by atoms with Crippen molar-refractivity contribution < 1.29 is 9.90 Å². The largest absolute Gasteiger partial charge is 0.478 e. The molecule has 0 bridgehead atoms. The minimum Gasteiger partial charge on any atom is -0.478 e. The number of hydrogen-bond acceptors (Lipinski definition) is 3. The molecule has 2 aromatic rings. The van der Waals surface area contributed by atoms with Gasteiger partial charge in [-0.2, -0.15) is 0 Å². The molecule has 19 heavy (non-hydrogen) atoms. The second-order valence-corrected chi connectivity index (χ2v) is 4.79. The fourth-order valence-electron chi connectivity index (χ4n) is 1.95. The van der Waals surface area contributed by atoms with Crippen molar-refractivity contribution in [3.8, 4) is 0 Å². The Hall–Kier alpha value is -2.17. The average molecular weight is 259 g/mol. The molecule has 0 saturated heterocycles. The molecule has 2 rings (SSSR count). The van der Waals surface area contributed by atoms with Crippen molar-refractivity contribution in [2.45, 2.75) is 32.7 Å². The van der Waals surface area contributed by atoms with Gasteiger partial charge >= 0.3 is 5.97 Å². The van der Waals surface area contributed by atoms with E-state index in [-0.39, 0.29) is 0 Å². The zero-order valence-electron chi connectivity index (χ0n) is 11.1. The van der Waals surface area contributed by atoms with Crippen LogP contribution in [0, 0.1) is 0 Å². The number of aryl methyl sites for hydroxylation is 2. The third kappa shape index (κ3) is 3.19. The SMILES string of the molecule is CC(C)c1nncn1CCc1ccc(C(=O)O)cc1. The van der Waals surface area contributed by atoms with Crippen molar-refractivity contribution in [1.29, 1.82) is 0 Å². The standard InChI is InChI=1S/C14H17N3O2/c1-10(2)13-16-15-9-17(13)8-7-11-3-5-12(6-4-11)14(18)19/h3-6,9-10H,7-8H2,1-2H3,(H,18,19). The Balaban J connectivity index is 2.02. The van der Waals surface area contributed by atoms with Crippen LogP contribution in [0.4, 0.5) is 0 Å². The zero-order valence-corrected chi connectivity index (χ0v) is 11.1. The van der Waals surface area contributed by atoms with E-state index in [0.29, 0.717) is 11.5 Å². The molecule has 0 aliphatic heterocycles. The molecule has 0 atom stereocenters. The summed E-state index contributed by atoms with van der Waals surface area (Å²) < 4.78 is 2.04. The summed E-state index contributed by atoms with van der Waals surface area (Å²) in [4.78, 5) is 10.8. The molecule has 1 N–H and O–H groups in total. The van der Waals surface area contributed by atoms with Crippen LogP contribution in [-0.4, -0.2) is 25.8 Å². The molecule has 0 amide bonds. The lowest BCUT2D eigenvalue weighted by Gasteiger charge is -2.08. The molecule has 1 aromatic carbocycles. The Morgan fingerprint density at radius 2 is 2.00 bits per heavy atom. The highest BCUT2D eigenvalue weighted by Crippen LogP contribution is 2.12. The van der Waals surface area contributed by atoms with Crippen molar-refractivity contribution in [1.82, 2.24) is 14.8 Å². The van der Waals surface area contributed by atoms with Crippen molar-refractivity contribution in [3.05, 3.63) is 47.5 Å². The summed E-state index contributed by atoms with van der Waals surface area (Å²) in [5.41, 5.74) is 1.42. The van der Waals surface area contributed by atoms with Crippen LogP contribution >= 0.6 is 0 Å². The van der Waals surface area contributed by atoms with Crippen molar-refractivity contribution in [2.75, 3.05) is 0 Å². The van der Waals surface area contributed by atoms with E-state index in [4.69, 9.17) is 5.11 Å².